The Labute approximate surface area is 141 Å². The molecule has 0 aromatic carbocycles. The van der Waals surface area contributed by atoms with Crippen LogP contribution in [0.25, 0.3) is 0 Å². The second-order valence-corrected chi connectivity index (χ2v) is 5.54. The smallest absolute Gasteiger partial charge is 0.303 e. The van der Waals surface area contributed by atoms with E-state index in [-0.39, 0.29) is 6.42 Å². The molecule has 0 amide bonds. The molecule has 0 aromatic heterocycles. The standard InChI is InChI=1S/C20H32O3/c1-2-3-4-10-13-16-19(21)17-14-11-8-6-5-7-9-12-15-18-20(22)23/h6-9,13-14,16-17,19,21H,2-5,10-12,15,18H2,1H3,(H,22,23). The van der Waals surface area contributed by atoms with Crippen molar-refractivity contribution in [2.75, 3.05) is 0 Å². The highest BCUT2D eigenvalue weighted by atomic mass is 16.4. The summed E-state index contributed by atoms with van der Waals surface area (Å²) in [6, 6.07) is 0. The van der Waals surface area contributed by atoms with E-state index in [0.717, 1.165) is 25.7 Å². The van der Waals surface area contributed by atoms with Gasteiger partial charge in [-0.3, -0.25) is 4.79 Å². The molecule has 0 aromatic rings. The number of carboxylic acids is 1. The summed E-state index contributed by atoms with van der Waals surface area (Å²) in [4.78, 5) is 10.3. The first-order chi connectivity index (χ1) is 11.2. The quantitative estimate of drug-likeness (QED) is 0.342. The average Bonchev–Trinajstić information content (AvgIpc) is 2.52. The number of hydrogen-bond donors (Lipinski definition) is 2. The Morgan fingerprint density at radius 2 is 1.48 bits per heavy atom. The van der Waals surface area contributed by atoms with Crippen molar-refractivity contribution in [2.24, 2.45) is 0 Å². The van der Waals surface area contributed by atoms with E-state index in [1.165, 1.54) is 19.3 Å². The third kappa shape index (κ3) is 18.3. The molecule has 0 aliphatic heterocycles. The minimum Gasteiger partial charge on any atom is -0.481 e. The minimum absolute atomic E-state index is 0.236. The first kappa shape index (κ1) is 21.4. The van der Waals surface area contributed by atoms with Crippen molar-refractivity contribution >= 4 is 5.97 Å². The predicted octanol–water partition coefficient (Wildman–Crippen LogP) is 5.19. The second kappa shape index (κ2) is 16.8. The lowest BCUT2D eigenvalue weighted by Crippen LogP contribution is -1.95. The largest absolute Gasteiger partial charge is 0.481 e. The van der Waals surface area contributed by atoms with E-state index in [0.29, 0.717) is 6.42 Å². The van der Waals surface area contributed by atoms with Crippen LogP contribution in [0.3, 0.4) is 0 Å². The number of unbranched alkanes of at least 4 members (excludes halogenated alkanes) is 4. The molecule has 0 saturated carbocycles. The van der Waals surface area contributed by atoms with Crippen LogP contribution < -0.4 is 0 Å². The summed E-state index contributed by atoms with van der Waals surface area (Å²) in [6.07, 6.45) is 23.5. The van der Waals surface area contributed by atoms with Crippen molar-refractivity contribution in [3.05, 3.63) is 48.6 Å². The fraction of sp³-hybridized carbons (Fsp3) is 0.550. The van der Waals surface area contributed by atoms with Crippen LogP contribution in [0.15, 0.2) is 48.6 Å². The number of aliphatic carboxylic acids is 1. The molecule has 3 heteroatoms. The van der Waals surface area contributed by atoms with Crippen molar-refractivity contribution in [3.8, 4) is 0 Å². The van der Waals surface area contributed by atoms with Crippen LogP contribution in [-0.2, 0) is 4.79 Å². The molecule has 23 heavy (non-hydrogen) atoms. The van der Waals surface area contributed by atoms with Crippen LogP contribution in [0, 0.1) is 0 Å². The lowest BCUT2D eigenvalue weighted by Gasteiger charge is -1.97. The van der Waals surface area contributed by atoms with Gasteiger partial charge in [-0.1, -0.05) is 68.4 Å². The highest BCUT2D eigenvalue weighted by molar-refractivity contribution is 5.66. The van der Waals surface area contributed by atoms with Gasteiger partial charge in [-0.2, -0.15) is 0 Å². The second-order valence-electron chi connectivity index (χ2n) is 5.54. The molecule has 0 fully saturated rings. The van der Waals surface area contributed by atoms with E-state index in [1.54, 1.807) is 0 Å². The van der Waals surface area contributed by atoms with Crippen LogP contribution >= 0.6 is 0 Å². The molecule has 1 atom stereocenters. The fourth-order valence-electron chi connectivity index (χ4n) is 1.96. The molecule has 0 aliphatic carbocycles. The maximum absolute atomic E-state index is 10.3. The predicted molar refractivity (Wildman–Crippen MR) is 97.4 cm³/mol. The van der Waals surface area contributed by atoms with Crippen molar-refractivity contribution in [2.45, 2.75) is 70.8 Å². The van der Waals surface area contributed by atoms with Gasteiger partial charge < -0.3 is 10.2 Å². The zero-order valence-electron chi connectivity index (χ0n) is 14.4. The molecule has 3 nitrogen and oxygen atoms in total. The summed E-state index contributed by atoms with van der Waals surface area (Å²) in [6.45, 7) is 2.18. The van der Waals surface area contributed by atoms with Crippen molar-refractivity contribution < 1.29 is 15.0 Å². The Morgan fingerprint density at radius 1 is 0.870 bits per heavy atom. The summed E-state index contributed by atoms with van der Waals surface area (Å²) in [5.74, 6) is -0.733. The summed E-state index contributed by atoms with van der Waals surface area (Å²) in [5, 5.41) is 18.2. The Balaban J connectivity index is 3.60. The molecule has 0 rings (SSSR count). The molecule has 0 bridgehead atoms. The SMILES string of the molecule is CCCCCC=CC(O)C=CCC=CCC=CCCCC(=O)O. The normalized spacial score (nSPS) is 13.8. The van der Waals surface area contributed by atoms with Crippen LogP contribution in [0.5, 0.6) is 0 Å². The lowest BCUT2D eigenvalue weighted by molar-refractivity contribution is -0.137. The maximum Gasteiger partial charge on any atom is 0.303 e. The van der Waals surface area contributed by atoms with E-state index in [2.05, 4.69) is 31.2 Å². The summed E-state index contributed by atoms with van der Waals surface area (Å²) in [5.41, 5.74) is 0. The highest BCUT2D eigenvalue weighted by Crippen LogP contribution is 2.02. The van der Waals surface area contributed by atoms with Crippen LogP contribution in [0.4, 0.5) is 0 Å². The maximum atomic E-state index is 10.3. The molecule has 0 radical (unpaired) electrons. The van der Waals surface area contributed by atoms with E-state index in [4.69, 9.17) is 5.11 Å². The number of carboxylic acid groups (broad SMARTS) is 1. The number of carbonyl (C=O) groups is 1. The van der Waals surface area contributed by atoms with Gasteiger partial charge in [0.15, 0.2) is 0 Å². The molecule has 130 valence electrons. The fourth-order valence-corrected chi connectivity index (χ4v) is 1.96. The molecule has 0 heterocycles. The number of aliphatic hydroxyl groups excluding tert-OH is 1. The van der Waals surface area contributed by atoms with Crippen molar-refractivity contribution in [3.63, 3.8) is 0 Å². The van der Waals surface area contributed by atoms with E-state index in [9.17, 15) is 9.90 Å². The van der Waals surface area contributed by atoms with Gasteiger partial charge >= 0.3 is 5.97 Å². The number of aliphatic hydroxyl groups is 1. The molecule has 0 saturated heterocycles. The molecule has 0 spiro atoms. The Kier molecular flexibility index (Phi) is 15.6. The van der Waals surface area contributed by atoms with Crippen LogP contribution in [0.2, 0.25) is 0 Å². The molecular weight excluding hydrogens is 288 g/mol. The Hall–Kier alpha value is -1.61. The number of hydrogen-bond acceptors (Lipinski definition) is 2. The molecule has 2 N–H and O–H groups in total. The Morgan fingerprint density at radius 3 is 2.17 bits per heavy atom. The minimum atomic E-state index is -0.733. The number of rotatable bonds is 14. The van der Waals surface area contributed by atoms with E-state index < -0.39 is 12.1 Å². The van der Waals surface area contributed by atoms with Gasteiger partial charge in [0, 0.05) is 6.42 Å². The first-order valence-electron chi connectivity index (χ1n) is 8.70. The van der Waals surface area contributed by atoms with Gasteiger partial charge in [-0.05, 0) is 38.5 Å². The van der Waals surface area contributed by atoms with Crippen molar-refractivity contribution in [1.29, 1.82) is 0 Å². The van der Waals surface area contributed by atoms with Gasteiger partial charge in [0.2, 0.25) is 0 Å². The van der Waals surface area contributed by atoms with E-state index in [1.807, 2.05) is 24.3 Å². The number of allylic oxidation sites excluding steroid dienone is 6. The molecular formula is C20H32O3. The summed E-state index contributed by atoms with van der Waals surface area (Å²) in [7, 11) is 0. The summed E-state index contributed by atoms with van der Waals surface area (Å²) >= 11 is 0. The Bertz CT molecular complexity index is 392. The third-order valence-electron chi connectivity index (χ3n) is 3.28. The molecule has 0 aliphatic rings. The topological polar surface area (TPSA) is 57.5 Å². The monoisotopic (exact) mass is 320 g/mol. The van der Waals surface area contributed by atoms with Gasteiger partial charge in [0.05, 0.1) is 6.10 Å². The van der Waals surface area contributed by atoms with E-state index >= 15 is 0 Å². The van der Waals surface area contributed by atoms with Crippen molar-refractivity contribution in [1.82, 2.24) is 0 Å². The van der Waals surface area contributed by atoms with Gasteiger partial charge in [0.1, 0.15) is 0 Å². The zero-order chi connectivity index (χ0) is 17.2. The highest BCUT2D eigenvalue weighted by Gasteiger charge is 1.92. The average molecular weight is 320 g/mol. The first-order valence-corrected chi connectivity index (χ1v) is 8.70. The summed E-state index contributed by atoms with van der Waals surface area (Å²) < 4.78 is 0. The lowest BCUT2D eigenvalue weighted by atomic mass is 10.2. The van der Waals surface area contributed by atoms with Gasteiger partial charge in [0.25, 0.3) is 0 Å². The molecule has 1 unspecified atom stereocenters. The zero-order valence-corrected chi connectivity index (χ0v) is 14.4. The van der Waals surface area contributed by atoms with Crippen LogP contribution in [0.1, 0.15) is 64.7 Å². The van der Waals surface area contributed by atoms with Crippen LogP contribution in [-0.4, -0.2) is 22.3 Å². The van der Waals surface area contributed by atoms with Gasteiger partial charge in [-0.15, -0.1) is 0 Å². The van der Waals surface area contributed by atoms with Gasteiger partial charge in [-0.25, -0.2) is 0 Å². The third-order valence-corrected chi connectivity index (χ3v) is 3.28.